The Morgan fingerprint density at radius 3 is 2.04 bits per heavy atom. The van der Waals surface area contributed by atoms with E-state index in [0.717, 1.165) is 21.1 Å². The van der Waals surface area contributed by atoms with E-state index >= 15 is 0 Å². The Morgan fingerprint density at radius 1 is 1.04 bits per heavy atom. The summed E-state index contributed by atoms with van der Waals surface area (Å²) in [7, 11) is -3.79. The number of hydrogen-bond acceptors (Lipinski definition) is 6. The van der Waals surface area contributed by atoms with Gasteiger partial charge in [-0.2, -0.15) is 0 Å². The fraction of sp³-hybridized carbons (Fsp3) is 0.133. The summed E-state index contributed by atoms with van der Waals surface area (Å²) in [5.74, 6) is -0.206. The van der Waals surface area contributed by atoms with E-state index in [4.69, 9.17) is 5.14 Å². The molecule has 0 atom stereocenters. The molecule has 2 N–H and O–H groups in total. The fourth-order valence-electron chi connectivity index (χ4n) is 2.14. The molecule has 0 fully saturated rings. The predicted octanol–water partition coefficient (Wildman–Crippen LogP) is 3.36. The highest BCUT2D eigenvalue weighted by molar-refractivity contribution is 7.91. The van der Waals surface area contributed by atoms with Gasteiger partial charge < -0.3 is 4.90 Å². The molecule has 0 saturated heterocycles. The second-order valence-electron chi connectivity index (χ2n) is 5.02. The Bertz CT molecular complexity index is 876. The van der Waals surface area contributed by atoms with E-state index < -0.39 is 10.0 Å². The summed E-state index contributed by atoms with van der Waals surface area (Å²) < 4.78 is 22.8. The quantitative estimate of drug-likeness (QED) is 0.691. The van der Waals surface area contributed by atoms with Crippen LogP contribution in [0.5, 0.6) is 0 Å². The first kappa shape index (κ1) is 17.3. The van der Waals surface area contributed by atoms with Crippen LogP contribution < -0.4 is 5.14 Å². The average Bonchev–Trinajstić information content (AvgIpc) is 3.27. The number of amides is 1. The van der Waals surface area contributed by atoms with Gasteiger partial charge in [-0.1, -0.05) is 12.1 Å². The van der Waals surface area contributed by atoms with Crippen LogP contribution in [0, 0.1) is 0 Å². The lowest BCUT2D eigenvalue weighted by Gasteiger charge is -2.21. The first-order valence-corrected chi connectivity index (χ1v) is 11.1. The molecule has 0 aromatic carbocycles. The normalized spacial score (nSPS) is 11.5. The van der Waals surface area contributed by atoms with Gasteiger partial charge in [0.15, 0.2) is 0 Å². The molecule has 0 saturated carbocycles. The van der Waals surface area contributed by atoms with Gasteiger partial charge in [0.2, 0.25) is 10.0 Å². The van der Waals surface area contributed by atoms with E-state index in [2.05, 4.69) is 0 Å². The van der Waals surface area contributed by atoms with E-state index in [1.165, 1.54) is 11.4 Å². The van der Waals surface area contributed by atoms with Crippen LogP contribution in [0.4, 0.5) is 0 Å². The third-order valence-corrected chi connectivity index (χ3v) is 7.35. The Kier molecular flexibility index (Phi) is 5.16. The summed E-state index contributed by atoms with van der Waals surface area (Å²) in [5.41, 5.74) is 0.345. The van der Waals surface area contributed by atoms with Gasteiger partial charge in [0.25, 0.3) is 5.91 Å². The van der Waals surface area contributed by atoms with Crippen LogP contribution in [-0.4, -0.2) is 19.2 Å². The van der Waals surface area contributed by atoms with Gasteiger partial charge >= 0.3 is 0 Å². The number of carbonyl (C=O) groups excluding carboxylic acids is 1. The van der Waals surface area contributed by atoms with Crippen molar-refractivity contribution in [2.45, 2.75) is 17.3 Å². The molecule has 9 heteroatoms. The van der Waals surface area contributed by atoms with Crippen LogP contribution in [0.3, 0.4) is 0 Å². The van der Waals surface area contributed by atoms with Gasteiger partial charge in [-0.25, -0.2) is 13.6 Å². The zero-order chi connectivity index (χ0) is 17.2. The Hall–Kier alpha value is -1.52. The van der Waals surface area contributed by atoms with Gasteiger partial charge in [-0.3, -0.25) is 4.79 Å². The lowest BCUT2D eigenvalue weighted by Crippen LogP contribution is -2.29. The number of primary sulfonamides is 1. The van der Waals surface area contributed by atoms with Crippen molar-refractivity contribution in [3.05, 3.63) is 61.8 Å². The molecule has 3 heterocycles. The van der Waals surface area contributed by atoms with Crippen LogP contribution in [0.1, 0.15) is 20.1 Å². The Morgan fingerprint density at radius 2 is 1.62 bits per heavy atom. The van der Waals surface area contributed by atoms with E-state index in [-0.39, 0.29) is 10.1 Å². The van der Waals surface area contributed by atoms with Crippen molar-refractivity contribution in [2.75, 3.05) is 0 Å². The third-order valence-electron chi connectivity index (χ3n) is 3.24. The second kappa shape index (κ2) is 7.16. The Labute approximate surface area is 152 Å². The number of hydrogen-bond donors (Lipinski definition) is 1. The van der Waals surface area contributed by atoms with Crippen molar-refractivity contribution < 1.29 is 13.2 Å². The van der Waals surface area contributed by atoms with E-state index in [0.29, 0.717) is 18.7 Å². The van der Waals surface area contributed by atoms with Gasteiger partial charge in [0, 0.05) is 15.1 Å². The van der Waals surface area contributed by atoms with Crippen LogP contribution in [0.25, 0.3) is 0 Å². The molecule has 1 amide bonds. The van der Waals surface area contributed by atoms with E-state index in [1.54, 1.807) is 27.6 Å². The molecule has 3 aromatic heterocycles. The summed E-state index contributed by atoms with van der Waals surface area (Å²) in [4.78, 5) is 16.7. The van der Waals surface area contributed by atoms with Gasteiger partial charge in [0.05, 0.1) is 18.7 Å². The van der Waals surface area contributed by atoms with Crippen LogP contribution >= 0.6 is 34.0 Å². The number of rotatable bonds is 6. The van der Waals surface area contributed by atoms with Crippen molar-refractivity contribution in [3.8, 4) is 0 Å². The van der Waals surface area contributed by atoms with E-state index in [1.807, 2.05) is 35.0 Å². The van der Waals surface area contributed by atoms with Crippen molar-refractivity contribution in [2.24, 2.45) is 5.14 Å². The average molecular weight is 399 g/mol. The molecule has 0 aliphatic heterocycles. The SMILES string of the molecule is NS(=O)(=O)c1cc(C(=O)N(Cc2cccs2)Cc2cccs2)cs1. The summed E-state index contributed by atoms with van der Waals surface area (Å²) in [5, 5.41) is 10.6. The molecule has 3 rings (SSSR count). The predicted molar refractivity (Wildman–Crippen MR) is 97.9 cm³/mol. The maximum atomic E-state index is 12.8. The minimum Gasteiger partial charge on any atom is -0.328 e. The van der Waals surface area contributed by atoms with Crippen molar-refractivity contribution in [3.63, 3.8) is 0 Å². The molecule has 0 spiro atoms. The first-order valence-electron chi connectivity index (χ1n) is 6.89. The number of nitrogens with two attached hydrogens (primary N) is 1. The molecule has 0 radical (unpaired) electrons. The fourth-order valence-corrected chi connectivity index (χ4v) is 5.16. The molecule has 0 aliphatic rings. The molecule has 0 bridgehead atoms. The van der Waals surface area contributed by atoms with Crippen LogP contribution in [0.2, 0.25) is 0 Å². The number of nitrogens with zero attached hydrogens (tertiary/aromatic N) is 1. The molecule has 5 nitrogen and oxygen atoms in total. The Balaban J connectivity index is 1.86. The highest BCUT2D eigenvalue weighted by Gasteiger charge is 2.21. The maximum Gasteiger partial charge on any atom is 0.255 e. The molecule has 0 unspecified atom stereocenters. The molecule has 3 aromatic rings. The monoisotopic (exact) mass is 398 g/mol. The van der Waals surface area contributed by atoms with E-state index in [9.17, 15) is 13.2 Å². The van der Waals surface area contributed by atoms with Crippen molar-refractivity contribution >= 4 is 49.9 Å². The number of carbonyl (C=O) groups is 1. The zero-order valence-corrected chi connectivity index (χ0v) is 15.7. The summed E-state index contributed by atoms with van der Waals surface area (Å²) in [6, 6.07) is 9.18. The minimum absolute atomic E-state index is 0.00181. The van der Waals surface area contributed by atoms with Crippen molar-refractivity contribution in [1.29, 1.82) is 0 Å². The minimum atomic E-state index is -3.79. The molecule has 0 aliphatic carbocycles. The summed E-state index contributed by atoms with van der Waals surface area (Å²) >= 11 is 4.13. The molecular formula is C15H14N2O3S4. The highest BCUT2D eigenvalue weighted by atomic mass is 32.2. The van der Waals surface area contributed by atoms with Gasteiger partial charge in [0.1, 0.15) is 4.21 Å². The topological polar surface area (TPSA) is 80.5 Å². The van der Waals surface area contributed by atoms with Crippen LogP contribution in [0.15, 0.2) is 50.7 Å². The first-order chi connectivity index (χ1) is 11.4. The van der Waals surface area contributed by atoms with Crippen molar-refractivity contribution in [1.82, 2.24) is 4.90 Å². The zero-order valence-electron chi connectivity index (χ0n) is 12.4. The number of sulfonamides is 1. The standard InChI is InChI=1S/C15H14N2O3S4/c16-24(19,20)14-7-11(10-23-14)15(18)17(8-12-3-1-5-21-12)9-13-4-2-6-22-13/h1-7,10H,8-9H2,(H2,16,19,20). The molecular weight excluding hydrogens is 384 g/mol. The summed E-state index contributed by atoms with van der Waals surface area (Å²) in [6.45, 7) is 0.962. The molecule has 126 valence electrons. The lowest BCUT2D eigenvalue weighted by molar-refractivity contribution is 0.0734. The van der Waals surface area contributed by atoms with Gasteiger partial charge in [-0.05, 0) is 29.0 Å². The van der Waals surface area contributed by atoms with Gasteiger partial charge in [-0.15, -0.1) is 34.0 Å². The summed E-state index contributed by atoms with van der Waals surface area (Å²) in [6.07, 6.45) is 0. The number of thiophene rings is 3. The second-order valence-corrected chi connectivity index (χ2v) is 9.78. The third kappa shape index (κ3) is 4.11. The van der Waals surface area contributed by atoms with Crippen LogP contribution in [-0.2, 0) is 23.1 Å². The lowest BCUT2D eigenvalue weighted by atomic mass is 10.2. The smallest absolute Gasteiger partial charge is 0.255 e. The maximum absolute atomic E-state index is 12.8. The molecule has 24 heavy (non-hydrogen) atoms. The largest absolute Gasteiger partial charge is 0.328 e. The highest BCUT2D eigenvalue weighted by Crippen LogP contribution is 2.23.